The van der Waals surface area contributed by atoms with Crippen LogP contribution in [0, 0.1) is 5.92 Å². The van der Waals surface area contributed by atoms with Crippen LogP contribution < -0.4 is 10.1 Å². The Morgan fingerprint density at radius 2 is 1.86 bits per heavy atom. The minimum Gasteiger partial charge on any atom is -0.493 e. The molecule has 1 unspecified atom stereocenters. The molecular formula is C17H27NO3. The highest BCUT2D eigenvalue weighted by molar-refractivity contribution is 5.97. The lowest BCUT2D eigenvalue weighted by molar-refractivity contribution is -0.139. The molecule has 0 saturated carbocycles. The third-order valence-corrected chi connectivity index (χ3v) is 3.31. The molecule has 4 heteroatoms. The molecule has 0 saturated heterocycles. The first kappa shape index (κ1) is 17.5. The Balaban J connectivity index is 2.64. The second kappa shape index (κ2) is 8.03. The van der Waals surface area contributed by atoms with E-state index in [-0.39, 0.29) is 5.91 Å². The van der Waals surface area contributed by atoms with Crippen molar-refractivity contribution in [3.63, 3.8) is 0 Å². The number of rotatable bonds is 8. The zero-order chi connectivity index (χ0) is 15.9. The van der Waals surface area contributed by atoms with Crippen molar-refractivity contribution in [3.8, 4) is 5.75 Å². The predicted octanol–water partition coefficient (Wildman–Crippen LogP) is 3.87. The summed E-state index contributed by atoms with van der Waals surface area (Å²) in [6, 6.07) is 7.41. The van der Waals surface area contributed by atoms with Gasteiger partial charge in [-0.1, -0.05) is 20.8 Å². The molecule has 1 aromatic rings. The van der Waals surface area contributed by atoms with Gasteiger partial charge in [-0.15, -0.1) is 0 Å². The number of nitrogens with one attached hydrogen (secondary N) is 1. The molecule has 1 rings (SSSR count). The number of anilines is 1. The van der Waals surface area contributed by atoms with Crippen LogP contribution >= 0.6 is 0 Å². The molecule has 0 aromatic heterocycles. The maximum absolute atomic E-state index is 12.3. The summed E-state index contributed by atoms with van der Waals surface area (Å²) < 4.78 is 11.2. The fourth-order valence-corrected chi connectivity index (χ4v) is 1.81. The molecule has 0 aliphatic rings. The SMILES string of the molecule is CCOC(C)(CC)C(=O)Nc1ccc(OCC(C)C)cc1. The summed E-state index contributed by atoms with van der Waals surface area (Å²) in [6.45, 7) is 11.1. The van der Waals surface area contributed by atoms with Gasteiger partial charge in [0.25, 0.3) is 5.91 Å². The molecule has 0 spiro atoms. The van der Waals surface area contributed by atoms with E-state index in [0.717, 1.165) is 11.4 Å². The third-order valence-electron chi connectivity index (χ3n) is 3.31. The van der Waals surface area contributed by atoms with Gasteiger partial charge >= 0.3 is 0 Å². The summed E-state index contributed by atoms with van der Waals surface area (Å²) >= 11 is 0. The number of hydrogen-bond donors (Lipinski definition) is 1. The van der Waals surface area contributed by atoms with E-state index in [0.29, 0.717) is 25.6 Å². The van der Waals surface area contributed by atoms with E-state index < -0.39 is 5.60 Å². The summed E-state index contributed by atoms with van der Waals surface area (Å²) in [5, 5.41) is 2.89. The lowest BCUT2D eigenvalue weighted by Gasteiger charge is -2.26. The molecule has 1 aromatic carbocycles. The highest BCUT2D eigenvalue weighted by Gasteiger charge is 2.31. The molecule has 1 atom stereocenters. The van der Waals surface area contributed by atoms with Gasteiger partial charge < -0.3 is 14.8 Å². The Morgan fingerprint density at radius 3 is 2.33 bits per heavy atom. The molecule has 0 aliphatic heterocycles. The van der Waals surface area contributed by atoms with Gasteiger partial charge in [-0.25, -0.2) is 0 Å². The van der Waals surface area contributed by atoms with Crippen molar-refractivity contribution in [1.29, 1.82) is 0 Å². The summed E-state index contributed by atoms with van der Waals surface area (Å²) in [5.74, 6) is 1.17. The van der Waals surface area contributed by atoms with Gasteiger partial charge in [0.2, 0.25) is 0 Å². The van der Waals surface area contributed by atoms with Gasteiger partial charge in [0.15, 0.2) is 0 Å². The fraction of sp³-hybridized carbons (Fsp3) is 0.588. The maximum Gasteiger partial charge on any atom is 0.256 e. The summed E-state index contributed by atoms with van der Waals surface area (Å²) in [4.78, 5) is 12.3. The molecule has 0 aliphatic carbocycles. The number of hydrogen-bond acceptors (Lipinski definition) is 3. The van der Waals surface area contributed by atoms with Gasteiger partial charge in [-0.2, -0.15) is 0 Å². The topological polar surface area (TPSA) is 47.6 Å². The van der Waals surface area contributed by atoms with E-state index in [9.17, 15) is 4.79 Å². The van der Waals surface area contributed by atoms with Crippen LogP contribution in [-0.4, -0.2) is 24.7 Å². The first-order valence-corrected chi connectivity index (χ1v) is 7.59. The maximum atomic E-state index is 12.3. The largest absolute Gasteiger partial charge is 0.493 e. The molecule has 4 nitrogen and oxygen atoms in total. The molecule has 0 radical (unpaired) electrons. The normalized spacial score (nSPS) is 13.8. The first-order valence-electron chi connectivity index (χ1n) is 7.59. The van der Waals surface area contributed by atoms with Crippen LogP contribution in [0.15, 0.2) is 24.3 Å². The molecule has 0 bridgehead atoms. The third kappa shape index (κ3) is 5.38. The number of carbonyl (C=O) groups is 1. The summed E-state index contributed by atoms with van der Waals surface area (Å²) in [6.07, 6.45) is 0.627. The average molecular weight is 293 g/mol. The van der Waals surface area contributed by atoms with Gasteiger partial charge in [-0.3, -0.25) is 4.79 Å². The van der Waals surface area contributed by atoms with Crippen LogP contribution in [0.3, 0.4) is 0 Å². The van der Waals surface area contributed by atoms with E-state index in [1.54, 1.807) is 0 Å². The van der Waals surface area contributed by atoms with Crippen molar-refractivity contribution in [2.24, 2.45) is 5.92 Å². The number of carbonyl (C=O) groups excluding carboxylic acids is 1. The highest BCUT2D eigenvalue weighted by Crippen LogP contribution is 2.21. The smallest absolute Gasteiger partial charge is 0.256 e. The van der Waals surface area contributed by atoms with Gasteiger partial charge in [-0.05, 0) is 50.5 Å². The Labute approximate surface area is 127 Å². The predicted molar refractivity (Wildman–Crippen MR) is 85.7 cm³/mol. The van der Waals surface area contributed by atoms with Gasteiger partial charge in [0, 0.05) is 12.3 Å². The van der Waals surface area contributed by atoms with Crippen molar-refractivity contribution < 1.29 is 14.3 Å². The first-order chi connectivity index (χ1) is 9.91. The van der Waals surface area contributed by atoms with Crippen LogP contribution in [-0.2, 0) is 9.53 Å². The lowest BCUT2D eigenvalue weighted by Crippen LogP contribution is -2.42. The molecule has 1 amide bonds. The van der Waals surface area contributed by atoms with Gasteiger partial charge in [0.05, 0.1) is 6.61 Å². The van der Waals surface area contributed by atoms with Gasteiger partial charge in [0.1, 0.15) is 11.4 Å². The summed E-state index contributed by atoms with van der Waals surface area (Å²) in [7, 11) is 0. The minimum absolute atomic E-state index is 0.123. The number of ether oxygens (including phenoxy) is 2. The minimum atomic E-state index is -0.790. The van der Waals surface area contributed by atoms with Crippen LogP contribution in [0.25, 0.3) is 0 Å². The van der Waals surface area contributed by atoms with Crippen molar-refractivity contribution in [3.05, 3.63) is 24.3 Å². The van der Waals surface area contributed by atoms with E-state index in [4.69, 9.17) is 9.47 Å². The molecule has 118 valence electrons. The number of benzene rings is 1. The van der Waals surface area contributed by atoms with Crippen LogP contribution in [0.1, 0.15) is 41.0 Å². The van der Waals surface area contributed by atoms with Crippen molar-refractivity contribution in [2.45, 2.75) is 46.6 Å². The van der Waals surface area contributed by atoms with E-state index in [1.807, 2.05) is 45.0 Å². The fourth-order valence-electron chi connectivity index (χ4n) is 1.81. The zero-order valence-corrected chi connectivity index (χ0v) is 13.7. The van der Waals surface area contributed by atoms with Crippen LogP contribution in [0.5, 0.6) is 5.75 Å². The van der Waals surface area contributed by atoms with E-state index in [2.05, 4.69) is 19.2 Å². The second-order valence-corrected chi connectivity index (χ2v) is 5.70. The zero-order valence-electron chi connectivity index (χ0n) is 13.7. The standard InChI is InChI=1S/C17H27NO3/c1-6-17(5,21-7-2)16(19)18-14-8-10-15(11-9-14)20-12-13(3)4/h8-11,13H,6-7,12H2,1-5H3,(H,18,19). The lowest BCUT2D eigenvalue weighted by atomic mass is 10.0. The quantitative estimate of drug-likeness (QED) is 0.791. The molecular weight excluding hydrogens is 266 g/mol. The second-order valence-electron chi connectivity index (χ2n) is 5.70. The Bertz CT molecular complexity index is 442. The molecule has 0 fully saturated rings. The highest BCUT2D eigenvalue weighted by atomic mass is 16.5. The van der Waals surface area contributed by atoms with Crippen molar-refractivity contribution in [2.75, 3.05) is 18.5 Å². The van der Waals surface area contributed by atoms with Crippen LogP contribution in [0.2, 0.25) is 0 Å². The van der Waals surface area contributed by atoms with Crippen molar-refractivity contribution in [1.82, 2.24) is 0 Å². The molecule has 21 heavy (non-hydrogen) atoms. The van der Waals surface area contributed by atoms with E-state index >= 15 is 0 Å². The van der Waals surface area contributed by atoms with Crippen molar-refractivity contribution >= 4 is 11.6 Å². The number of amides is 1. The summed E-state index contributed by atoms with van der Waals surface area (Å²) in [5.41, 5.74) is -0.0436. The molecule has 1 N–H and O–H groups in total. The van der Waals surface area contributed by atoms with Crippen LogP contribution in [0.4, 0.5) is 5.69 Å². The van der Waals surface area contributed by atoms with E-state index in [1.165, 1.54) is 0 Å². The Kier molecular flexibility index (Phi) is 6.69. The Hall–Kier alpha value is -1.55. The molecule has 0 heterocycles. The average Bonchev–Trinajstić information content (AvgIpc) is 2.46. The monoisotopic (exact) mass is 293 g/mol. The Morgan fingerprint density at radius 1 is 1.24 bits per heavy atom.